The zero-order valence-electron chi connectivity index (χ0n) is 14.6. The summed E-state index contributed by atoms with van der Waals surface area (Å²) in [5.41, 5.74) is -2.77. The molecule has 0 aliphatic rings. The predicted molar refractivity (Wildman–Crippen MR) is 61.3 cm³/mol. The van der Waals surface area contributed by atoms with Crippen molar-refractivity contribution in [2.24, 2.45) is 0 Å². The van der Waals surface area contributed by atoms with Crippen LogP contribution in [-0.2, 0) is 0 Å². The average Bonchev–Trinajstić information content (AvgIpc) is 2.43. The molecule has 0 atom stereocenters. The van der Waals surface area contributed by atoms with E-state index >= 15 is 0 Å². The van der Waals surface area contributed by atoms with Crippen molar-refractivity contribution in [3.63, 3.8) is 0 Å². The number of rotatable bonds is 4. The number of carbonyl (C=O) groups is 4. The molecule has 0 unspecified atom stereocenters. The molecule has 0 radical (unpaired) electrons. The molecule has 2 aromatic rings. The largest absolute Gasteiger partial charge is 1.00 e. The van der Waals surface area contributed by atoms with Crippen LogP contribution in [0.1, 0.15) is 41.4 Å². The van der Waals surface area contributed by atoms with Gasteiger partial charge in [0, 0.05) is 33.0 Å². The van der Waals surface area contributed by atoms with Crippen LogP contribution in [0.25, 0.3) is 10.8 Å². The van der Waals surface area contributed by atoms with Crippen molar-refractivity contribution in [2.45, 2.75) is 0 Å². The smallest absolute Gasteiger partial charge is 0.545 e. The van der Waals surface area contributed by atoms with E-state index in [0.717, 1.165) is 24.3 Å². The first-order chi connectivity index (χ1) is 10.3. The molecule has 0 N–H and O–H groups in total. The molecule has 26 heavy (non-hydrogen) atoms. The van der Waals surface area contributed by atoms with Gasteiger partial charge in [-0.1, -0.05) is 24.3 Å². The van der Waals surface area contributed by atoms with Crippen LogP contribution in [-0.4, -0.2) is 23.9 Å². The van der Waals surface area contributed by atoms with Gasteiger partial charge in [0.1, 0.15) is 0 Å². The van der Waals surface area contributed by atoms with Gasteiger partial charge in [0.25, 0.3) is 0 Å². The molecule has 8 nitrogen and oxygen atoms in total. The first-order valence-corrected chi connectivity index (χ1v) is 5.70. The van der Waals surface area contributed by atoms with Crippen molar-refractivity contribution in [2.75, 3.05) is 0 Å². The zero-order valence-corrected chi connectivity index (χ0v) is 27.1. The number of hydrogen-bond donors (Lipinski definition) is 0. The minimum atomic E-state index is -1.81. The maximum atomic E-state index is 11.1. The van der Waals surface area contributed by atoms with Crippen LogP contribution in [0, 0.1) is 0 Å². The molecule has 0 spiro atoms. The van der Waals surface area contributed by atoms with E-state index in [1.54, 1.807) is 0 Å². The van der Waals surface area contributed by atoms with Gasteiger partial charge < -0.3 is 39.6 Å². The number of aromatic carboxylic acids is 4. The SMILES string of the molecule is O=C([O-])c1ccc(C(=O)[O-])c2c(C(=O)[O-])ccc(C(=O)[O-])c12.[K+].[K+].[K+].[K+]. The Balaban J connectivity index is -0.00000132. The monoisotopic (exact) mass is 456 g/mol. The molecular weight excluding hydrogens is 453 g/mol. The van der Waals surface area contributed by atoms with Gasteiger partial charge in [-0.05, 0) is 0 Å². The number of carboxylic acids is 4. The molecule has 12 heteroatoms. The molecule has 2 rings (SSSR count). The molecule has 0 aliphatic carbocycles. The van der Waals surface area contributed by atoms with E-state index in [9.17, 15) is 39.6 Å². The Kier molecular flexibility index (Phi) is 19.5. The number of carboxylic acid groups (broad SMARTS) is 4. The Morgan fingerprint density at radius 2 is 0.615 bits per heavy atom. The van der Waals surface area contributed by atoms with Crippen molar-refractivity contribution in [1.29, 1.82) is 0 Å². The predicted octanol–water partition coefficient (Wildman–Crippen LogP) is -15.7. The summed E-state index contributed by atoms with van der Waals surface area (Å²) in [5, 5.41) is 43.1. The van der Waals surface area contributed by atoms with Gasteiger partial charge in [-0.3, -0.25) is 0 Å². The van der Waals surface area contributed by atoms with Crippen molar-refractivity contribution in [3.8, 4) is 0 Å². The Hall–Kier alpha value is 3.13. The Labute approximate surface area is 317 Å². The quantitative estimate of drug-likeness (QED) is 0.410. The topological polar surface area (TPSA) is 161 Å². The summed E-state index contributed by atoms with van der Waals surface area (Å²) in [4.78, 5) is 44.4. The van der Waals surface area contributed by atoms with Gasteiger partial charge in [0.05, 0.1) is 23.9 Å². The summed E-state index contributed by atoms with van der Waals surface area (Å²) in [6, 6.07) is 3.14. The maximum Gasteiger partial charge on any atom is 1.00 e. The third kappa shape index (κ3) is 7.67. The van der Waals surface area contributed by atoms with Crippen LogP contribution in [0.4, 0.5) is 0 Å². The first-order valence-electron chi connectivity index (χ1n) is 5.70. The molecule has 0 fully saturated rings. The Bertz CT molecular complexity index is 728. The fraction of sp³-hybridized carbons (Fsp3) is 0. The van der Waals surface area contributed by atoms with E-state index in [4.69, 9.17) is 0 Å². The fourth-order valence-corrected chi connectivity index (χ4v) is 2.18. The molecule has 0 aliphatic heterocycles. The van der Waals surface area contributed by atoms with Crippen molar-refractivity contribution < 1.29 is 245 Å². The van der Waals surface area contributed by atoms with Crippen molar-refractivity contribution in [1.82, 2.24) is 0 Å². The summed E-state index contributed by atoms with van der Waals surface area (Å²) in [6.07, 6.45) is 0. The molecule has 0 amide bonds. The summed E-state index contributed by atoms with van der Waals surface area (Å²) >= 11 is 0. The van der Waals surface area contributed by atoms with E-state index in [1.807, 2.05) is 0 Å². The number of benzene rings is 2. The summed E-state index contributed by atoms with van der Waals surface area (Å²) < 4.78 is 0. The minimum Gasteiger partial charge on any atom is -0.545 e. The van der Waals surface area contributed by atoms with E-state index in [2.05, 4.69) is 0 Å². The molecular formula is C14H4K4O8. The minimum absolute atomic E-state index is 0. The van der Waals surface area contributed by atoms with E-state index in [0.29, 0.717) is 0 Å². The second kappa shape index (κ2) is 15.0. The maximum absolute atomic E-state index is 11.1. The van der Waals surface area contributed by atoms with Crippen molar-refractivity contribution >= 4 is 34.6 Å². The van der Waals surface area contributed by atoms with Gasteiger partial charge in [0.2, 0.25) is 0 Å². The van der Waals surface area contributed by atoms with Crippen LogP contribution in [0.15, 0.2) is 24.3 Å². The summed E-state index contributed by atoms with van der Waals surface area (Å²) in [7, 11) is 0. The summed E-state index contributed by atoms with van der Waals surface area (Å²) in [5.74, 6) is -7.25. The normalized spacial score (nSPS) is 8.77. The van der Waals surface area contributed by atoms with Crippen LogP contribution in [0.3, 0.4) is 0 Å². The van der Waals surface area contributed by atoms with E-state index < -0.39 is 56.9 Å². The molecule has 112 valence electrons. The van der Waals surface area contributed by atoms with Crippen LogP contribution < -0.4 is 226 Å². The second-order valence-corrected chi connectivity index (χ2v) is 4.22. The van der Waals surface area contributed by atoms with Gasteiger partial charge in [-0.25, -0.2) is 0 Å². The van der Waals surface area contributed by atoms with Crippen molar-refractivity contribution in [3.05, 3.63) is 46.5 Å². The Morgan fingerprint density at radius 3 is 0.731 bits per heavy atom. The van der Waals surface area contributed by atoms with Gasteiger partial charge in [0.15, 0.2) is 0 Å². The van der Waals surface area contributed by atoms with Crippen LogP contribution >= 0.6 is 0 Å². The molecule has 0 saturated heterocycles. The van der Waals surface area contributed by atoms with Gasteiger partial charge in [-0.15, -0.1) is 0 Å². The van der Waals surface area contributed by atoms with E-state index in [1.165, 1.54) is 0 Å². The zero-order chi connectivity index (χ0) is 16.6. The summed E-state index contributed by atoms with van der Waals surface area (Å²) in [6.45, 7) is 0. The standard InChI is InChI=1S/C14H8O8.4K/c15-11(16)5-1-2-6(12(17)18)10-8(14(21)22)4-3-7(9(5)10)13(19)20;;;;/h1-4H,(H,15,16)(H,17,18)(H,19,20)(H,21,22);;;;/q;4*+1/p-4. The average molecular weight is 457 g/mol. The number of hydrogen-bond acceptors (Lipinski definition) is 8. The van der Waals surface area contributed by atoms with Crippen LogP contribution in [0.2, 0.25) is 0 Å². The van der Waals surface area contributed by atoms with E-state index in [-0.39, 0.29) is 206 Å². The third-order valence-electron chi connectivity index (χ3n) is 3.04. The molecule has 0 saturated carbocycles. The van der Waals surface area contributed by atoms with Crippen LogP contribution in [0.5, 0.6) is 0 Å². The fourth-order valence-electron chi connectivity index (χ4n) is 2.18. The number of carbonyl (C=O) groups excluding carboxylic acids is 4. The first kappa shape index (κ1) is 33.8. The third-order valence-corrected chi connectivity index (χ3v) is 3.04. The molecule has 0 heterocycles. The molecule has 0 bridgehead atoms. The molecule has 2 aromatic carbocycles. The van der Waals surface area contributed by atoms with Gasteiger partial charge >= 0.3 is 206 Å². The number of fused-ring (bicyclic) bond motifs is 1. The Morgan fingerprint density at radius 1 is 0.462 bits per heavy atom. The second-order valence-electron chi connectivity index (χ2n) is 4.22. The molecule has 0 aromatic heterocycles. The van der Waals surface area contributed by atoms with Gasteiger partial charge in [-0.2, -0.15) is 0 Å².